The lowest BCUT2D eigenvalue weighted by Gasteiger charge is -2.09. The Labute approximate surface area is 112 Å². The molecule has 1 rings (SSSR count). The van der Waals surface area contributed by atoms with Gasteiger partial charge in [-0.25, -0.2) is 0 Å². The molecule has 0 aromatic heterocycles. The molecule has 18 heavy (non-hydrogen) atoms. The topological polar surface area (TPSA) is 58.4 Å². The molecule has 0 aliphatic rings. The Morgan fingerprint density at radius 3 is 2.72 bits per heavy atom. The zero-order valence-electron chi connectivity index (χ0n) is 11.0. The Bertz CT molecular complexity index is 410. The number of nitrogens with zero attached hydrogens (tertiary/aromatic N) is 2. The number of hydrogen-bond donors (Lipinski definition) is 1. The minimum Gasteiger partial charge on any atom is -0.383 e. The first kappa shape index (κ1) is 14.8. The number of nitro benzene ring substituents is 1. The second kappa shape index (κ2) is 7.23. The molecule has 0 amide bonds. The van der Waals surface area contributed by atoms with Crippen molar-refractivity contribution in [3.05, 3.63) is 33.9 Å². The number of thioether (sulfide) groups is 1. The Hall–Kier alpha value is -1.27. The van der Waals surface area contributed by atoms with Crippen molar-refractivity contribution in [3.63, 3.8) is 0 Å². The first-order valence-electron chi connectivity index (χ1n) is 5.72. The molecule has 100 valence electrons. The average molecular weight is 269 g/mol. The highest BCUT2D eigenvalue weighted by Crippen LogP contribution is 2.26. The van der Waals surface area contributed by atoms with Gasteiger partial charge in [0.05, 0.1) is 4.92 Å². The van der Waals surface area contributed by atoms with Gasteiger partial charge >= 0.3 is 0 Å². The van der Waals surface area contributed by atoms with Crippen molar-refractivity contribution in [2.24, 2.45) is 0 Å². The molecule has 0 heterocycles. The predicted octanol–water partition coefficient (Wildman–Crippen LogP) is 2.43. The van der Waals surface area contributed by atoms with Crippen LogP contribution in [0.1, 0.15) is 5.56 Å². The lowest BCUT2D eigenvalue weighted by atomic mass is 10.2. The van der Waals surface area contributed by atoms with E-state index in [0.717, 1.165) is 23.6 Å². The van der Waals surface area contributed by atoms with Crippen molar-refractivity contribution >= 4 is 23.1 Å². The smallest absolute Gasteiger partial charge is 0.292 e. The van der Waals surface area contributed by atoms with E-state index in [1.54, 1.807) is 13.1 Å². The number of hydrogen-bond acceptors (Lipinski definition) is 5. The van der Waals surface area contributed by atoms with Gasteiger partial charge in [-0.2, -0.15) is 11.8 Å². The van der Waals surface area contributed by atoms with Gasteiger partial charge in [0.15, 0.2) is 0 Å². The van der Waals surface area contributed by atoms with Crippen LogP contribution in [0.3, 0.4) is 0 Å². The third-order valence-electron chi connectivity index (χ3n) is 2.48. The Morgan fingerprint density at radius 2 is 2.17 bits per heavy atom. The zero-order chi connectivity index (χ0) is 13.5. The van der Waals surface area contributed by atoms with E-state index in [9.17, 15) is 10.1 Å². The molecule has 0 saturated heterocycles. The summed E-state index contributed by atoms with van der Waals surface area (Å²) in [6.07, 6.45) is 0. The molecule has 0 aliphatic heterocycles. The SMILES string of the molecule is CNc1cc(CSCCN(C)C)ccc1[N+](=O)[O-]. The summed E-state index contributed by atoms with van der Waals surface area (Å²) in [6, 6.07) is 5.23. The second-order valence-electron chi connectivity index (χ2n) is 4.21. The van der Waals surface area contributed by atoms with Crippen LogP contribution in [0, 0.1) is 10.1 Å². The maximum absolute atomic E-state index is 10.8. The van der Waals surface area contributed by atoms with E-state index in [-0.39, 0.29) is 10.6 Å². The summed E-state index contributed by atoms with van der Waals surface area (Å²) >= 11 is 1.83. The largest absolute Gasteiger partial charge is 0.383 e. The van der Waals surface area contributed by atoms with Crippen LogP contribution in [0.25, 0.3) is 0 Å². The predicted molar refractivity (Wildman–Crippen MR) is 77.4 cm³/mol. The fraction of sp³-hybridized carbons (Fsp3) is 0.500. The number of benzene rings is 1. The van der Waals surface area contributed by atoms with Crippen LogP contribution in [-0.4, -0.2) is 43.3 Å². The molecule has 0 bridgehead atoms. The number of anilines is 1. The fourth-order valence-corrected chi connectivity index (χ4v) is 2.52. The van der Waals surface area contributed by atoms with Crippen molar-refractivity contribution in [2.45, 2.75) is 5.75 Å². The monoisotopic (exact) mass is 269 g/mol. The molecule has 6 heteroatoms. The quantitative estimate of drug-likeness (QED) is 0.468. The molecule has 0 unspecified atom stereocenters. The van der Waals surface area contributed by atoms with Crippen molar-refractivity contribution < 1.29 is 4.92 Å². The minimum atomic E-state index is -0.366. The lowest BCUT2D eigenvalue weighted by molar-refractivity contribution is -0.383. The third kappa shape index (κ3) is 4.54. The summed E-state index contributed by atoms with van der Waals surface area (Å²) in [5, 5.41) is 13.6. The third-order valence-corrected chi connectivity index (χ3v) is 3.49. The highest BCUT2D eigenvalue weighted by atomic mass is 32.2. The van der Waals surface area contributed by atoms with Gasteiger partial charge in [0.25, 0.3) is 5.69 Å². The van der Waals surface area contributed by atoms with E-state index in [0.29, 0.717) is 5.69 Å². The van der Waals surface area contributed by atoms with Crippen LogP contribution < -0.4 is 5.32 Å². The number of rotatable bonds is 7. The van der Waals surface area contributed by atoms with E-state index in [1.165, 1.54) is 0 Å². The van der Waals surface area contributed by atoms with Gasteiger partial charge in [-0.15, -0.1) is 0 Å². The highest BCUT2D eigenvalue weighted by Gasteiger charge is 2.12. The minimum absolute atomic E-state index is 0.125. The molecular weight excluding hydrogens is 250 g/mol. The van der Waals surface area contributed by atoms with Gasteiger partial charge in [0, 0.05) is 31.2 Å². The number of nitro groups is 1. The molecule has 0 spiro atoms. The maximum atomic E-state index is 10.8. The molecule has 1 N–H and O–H groups in total. The molecule has 0 fully saturated rings. The fourth-order valence-electron chi connectivity index (χ4n) is 1.47. The van der Waals surface area contributed by atoms with E-state index in [2.05, 4.69) is 10.2 Å². The Kier molecular flexibility index (Phi) is 5.94. The van der Waals surface area contributed by atoms with E-state index < -0.39 is 0 Å². The summed E-state index contributed by atoms with van der Waals surface area (Å²) in [7, 11) is 5.79. The average Bonchev–Trinajstić information content (AvgIpc) is 2.33. The molecule has 1 aromatic rings. The summed E-state index contributed by atoms with van der Waals surface area (Å²) in [4.78, 5) is 12.6. The molecule has 0 atom stereocenters. The zero-order valence-corrected chi connectivity index (χ0v) is 11.8. The molecule has 0 aliphatic carbocycles. The molecule has 1 aromatic carbocycles. The molecule has 5 nitrogen and oxygen atoms in total. The van der Waals surface area contributed by atoms with Crippen molar-refractivity contribution in [1.29, 1.82) is 0 Å². The maximum Gasteiger partial charge on any atom is 0.292 e. The van der Waals surface area contributed by atoms with Gasteiger partial charge in [0.1, 0.15) is 5.69 Å². The van der Waals surface area contributed by atoms with Gasteiger partial charge in [-0.1, -0.05) is 6.07 Å². The summed E-state index contributed by atoms with van der Waals surface area (Å²) < 4.78 is 0. The van der Waals surface area contributed by atoms with Gasteiger partial charge in [0.2, 0.25) is 0 Å². The van der Waals surface area contributed by atoms with Gasteiger partial charge in [-0.05, 0) is 25.7 Å². The first-order valence-corrected chi connectivity index (χ1v) is 6.87. The van der Waals surface area contributed by atoms with E-state index >= 15 is 0 Å². The van der Waals surface area contributed by atoms with Gasteiger partial charge < -0.3 is 10.2 Å². The van der Waals surface area contributed by atoms with Gasteiger partial charge in [-0.3, -0.25) is 10.1 Å². The van der Waals surface area contributed by atoms with E-state index in [1.807, 2.05) is 38.0 Å². The van der Waals surface area contributed by atoms with Crippen LogP contribution in [0.15, 0.2) is 18.2 Å². The summed E-state index contributed by atoms with van der Waals surface area (Å²) in [6.45, 7) is 1.04. The van der Waals surface area contributed by atoms with E-state index in [4.69, 9.17) is 0 Å². The van der Waals surface area contributed by atoms with Crippen molar-refractivity contribution in [3.8, 4) is 0 Å². The Balaban J connectivity index is 2.60. The highest BCUT2D eigenvalue weighted by molar-refractivity contribution is 7.98. The van der Waals surface area contributed by atoms with Crippen LogP contribution in [-0.2, 0) is 5.75 Å². The van der Waals surface area contributed by atoms with Crippen LogP contribution in [0.5, 0.6) is 0 Å². The standard InChI is InChI=1S/C12H19N3O2S/c1-13-11-8-10(4-5-12(11)15(16)17)9-18-7-6-14(2)3/h4-5,8,13H,6-7,9H2,1-3H3. The van der Waals surface area contributed by atoms with Crippen LogP contribution in [0.4, 0.5) is 11.4 Å². The first-order chi connectivity index (χ1) is 8.54. The van der Waals surface area contributed by atoms with Crippen molar-refractivity contribution in [2.75, 3.05) is 38.8 Å². The number of nitrogens with one attached hydrogen (secondary N) is 1. The van der Waals surface area contributed by atoms with Crippen molar-refractivity contribution in [1.82, 2.24) is 4.90 Å². The second-order valence-corrected chi connectivity index (χ2v) is 5.32. The summed E-state index contributed by atoms with van der Waals surface area (Å²) in [5.41, 5.74) is 1.80. The molecular formula is C12H19N3O2S. The lowest BCUT2D eigenvalue weighted by Crippen LogP contribution is -2.14. The van der Waals surface area contributed by atoms with Crippen LogP contribution in [0.2, 0.25) is 0 Å². The molecule has 0 saturated carbocycles. The molecule has 0 radical (unpaired) electrons. The van der Waals surface area contributed by atoms with Crippen LogP contribution >= 0.6 is 11.8 Å². The summed E-state index contributed by atoms with van der Waals surface area (Å²) in [5.74, 6) is 1.93. The Morgan fingerprint density at radius 1 is 1.44 bits per heavy atom. The normalized spacial score (nSPS) is 10.7.